The van der Waals surface area contributed by atoms with Crippen LogP contribution in [0.1, 0.15) is 50.5 Å². The van der Waals surface area contributed by atoms with E-state index in [0.29, 0.717) is 37.6 Å². The Balaban J connectivity index is 1.50. The lowest BCUT2D eigenvalue weighted by Gasteiger charge is -2.20. The van der Waals surface area contributed by atoms with Gasteiger partial charge in [-0.3, -0.25) is 9.59 Å². The fourth-order valence-corrected chi connectivity index (χ4v) is 3.23. The number of hydrogen-bond donors (Lipinski definition) is 2. The van der Waals surface area contributed by atoms with Crippen LogP contribution in [0.25, 0.3) is 0 Å². The zero-order chi connectivity index (χ0) is 18.8. The van der Waals surface area contributed by atoms with E-state index in [2.05, 4.69) is 10.6 Å². The molecule has 0 heterocycles. The molecule has 1 aliphatic carbocycles. The van der Waals surface area contributed by atoms with Crippen molar-refractivity contribution in [3.63, 3.8) is 0 Å². The number of carbonyl (C=O) groups excluding carboxylic acids is 2. The first-order valence-electron chi connectivity index (χ1n) is 9.49. The standard InChI is InChI=1S/C20H29ClN2O3/c1-15-14-17(9-10-18(15)21)26-13-5-8-19(24)22-11-12-23-20(25)16-6-3-2-4-7-16/h9-10,14,16H,2-8,11-13H2,1H3,(H,22,24)(H,23,25). The number of amides is 2. The van der Waals surface area contributed by atoms with Gasteiger partial charge in [0.05, 0.1) is 6.61 Å². The number of rotatable bonds is 9. The number of aryl methyl sites for hydroxylation is 1. The monoisotopic (exact) mass is 380 g/mol. The average molecular weight is 381 g/mol. The van der Waals surface area contributed by atoms with Crippen LogP contribution >= 0.6 is 11.6 Å². The van der Waals surface area contributed by atoms with Gasteiger partial charge in [-0.05, 0) is 49.9 Å². The van der Waals surface area contributed by atoms with E-state index in [4.69, 9.17) is 16.3 Å². The second-order valence-electron chi connectivity index (χ2n) is 6.84. The number of benzene rings is 1. The van der Waals surface area contributed by atoms with Crippen LogP contribution in [0.4, 0.5) is 0 Å². The Kier molecular flexibility index (Phi) is 8.75. The Labute approximate surface area is 160 Å². The summed E-state index contributed by atoms with van der Waals surface area (Å²) in [6, 6.07) is 5.52. The molecule has 0 aliphatic heterocycles. The molecule has 0 spiro atoms. The first kappa shape index (κ1) is 20.6. The second-order valence-corrected chi connectivity index (χ2v) is 7.25. The lowest BCUT2D eigenvalue weighted by atomic mass is 9.89. The van der Waals surface area contributed by atoms with Crippen LogP contribution in [0, 0.1) is 12.8 Å². The highest BCUT2D eigenvalue weighted by atomic mass is 35.5. The highest BCUT2D eigenvalue weighted by Crippen LogP contribution is 2.23. The Hall–Kier alpha value is -1.75. The van der Waals surface area contributed by atoms with E-state index in [9.17, 15) is 9.59 Å². The summed E-state index contributed by atoms with van der Waals surface area (Å²) in [5, 5.41) is 6.46. The van der Waals surface area contributed by atoms with E-state index >= 15 is 0 Å². The van der Waals surface area contributed by atoms with Crippen LogP contribution in [0.5, 0.6) is 5.75 Å². The van der Waals surface area contributed by atoms with Gasteiger partial charge in [0.25, 0.3) is 0 Å². The lowest BCUT2D eigenvalue weighted by molar-refractivity contribution is -0.126. The molecule has 0 bridgehead atoms. The van der Waals surface area contributed by atoms with E-state index in [-0.39, 0.29) is 17.7 Å². The van der Waals surface area contributed by atoms with Crippen molar-refractivity contribution < 1.29 is 14.3 Å². The second kappa shape index (κ2) is 11.1. The third kappa shape index (κ3) is 7.24. The van der Waals surface area contributed by atoms with Gasteiger partial charge in [-0.2, -0.15) is 0 Å². The predicted octanol–water partition coefficient (Wildman–Crippen LogP) is 3.62. The summed E-state index contributed by atoms with van der Waals surface area (Å²) in [6.07, 6.45) is 6.56. The molecule has 5 nitrogen and oxygen atoms in total. The van der Waals surface area contributed by atoms with E-state index in [1.807, 2.05) is 19.1 Å². The molecule has 0 saturated heterocycles. The van der Waals surface area contributed by atoms with Crippen LogP contribution < -0.4 is 15.4 Å². The summed E-state index contributed by atoms with van der Waals surface area (Å²) in [4.78, 5) is 23.8. The van der Waals surface area contributed by atoms with Gasteiger partial charge in [0.1, 0.15) is 5.75 Å². The maximum Gasteiger partial charge on any atom is 0.223 e. The van der Waals surface area contributed by atoms with Gasteiger partial charge in [-0.15, -0.1) is 0 Å². The molecular weight excluding hydrogens is 352 g/mol. The molecule has 0 radical (unpaired) electrons. The number of ether oxygens (including phenoxy) is 1. The number of carbonyl (C=O) groups is 2. The van der Waals surface area contributed by atoms with Crippen molar-refractivity contribution in [2.45, 2.75) is 51.9 Å². The summed E-state index contributed by atoms with van der Waals surface area (Å²) >= 11 is 5.97. The van der Waals surface area contributed by atoms with Gasteiger partial charge < -0.3 is 15.4 Å². The molecule has 2 amide bonds. The quantitative estimate of drug-likeness (QED) is 0.643. The van der Waals surface area contributed by atoms with Gasteiger partial charge >= 0.3 is 0 Å². The minimum absolute atomic E-state index is 0.0206. The zero-order valence-electron chi connectivity index (χ0n) is 15.5. The van der Waals surface area contributed by atoms with Crippen molar-refractivity contribution in [2.24, 2.45) is 5.92 Å². The molecule has 0 unspecified atom stereocenters. The van der Waals surface area contributed by atoms with Gasteiger partial charge in [0.2, 0.25) is 11.8 Å². The summed E-state index contributed by atoms with van der Waals surface area (Å²) < 4.78 is 5.62. The fourth-order valence-electron chi connectivity index (χ4n) is 3.11. The van der Waals surface area contributed by atoms with Gasteiger partial charge in [-0.1, -0.05) is 30.9 Å². The normalized spacial score (nSPS) is 14.7. The number of nitrogens with one attached hydrogen (secondary N) is 2. The SMILES string of the molecule is Cc1cc(OCCCC(=O)NCCNC(=O)C2CCCCC2)ccc1Cl. The molecule has 1 fully saturated rings. The molecule has 1 aliphatic rings. The minimum atomic E-state index is -0.0206. The first-order valence-corrected chi connectivity index (χ1v) is 9.87. The van der Waals surface area contributed by atoms with Gasteiger partial charge in [0, 0.05) is 30.5 Å². The highest BCUT2D eigenvalue weighted by Gasteiger charge is 2.20. The number of halogens is 1. The van der Waals surface area contributed by atoms with Gasteiger partial charge in [0.15, 0.2) is 0 Å². The molecule has 144 valence electrons. The molecule has 1 saturated carbocycles. The van der Waals surface area contributed by atoms with Crippen LogP contribution in [0.2, 0.25) is 5.02 Å². The van der Waals surface area contributed by atoms with Crippen LogP contribution in [0.3, 0.4) is 0 Å². The predicted molar refractivity (Wildman–Crippen MR) is 104 cm³/mol. The third-order valence-electron chi connectivity index (χ3n) is 4.67. The smallest absolute Gasteiger partial charge is 0.223 e. The zero-order valence-corrected chi connectivity index (χ0v) is 16.2. The van der Waals surface area contributed by atoms with Crippen LogP contribution in [0.15, 0.2) is 18.2 Å². The summed E-state index contributed by atoms with van der Waals surface area (Å²) in [6.45, 7) is 3.36. The largest absolute Gasteiger partial charge is 0.494 e. The molecule has 26 heavy (non-hydrogen) atoms. The molecular formula is C20H29ClN2O3. The third-order valence-corrected chi connectivity index (χ3v) is 5.09. The Morgan fingerprint density at radius 2 is 1.88 bits per heavy atom. The van der Waals surface area contributed by atoms with E-state index in [1.54, 1.807) is 6.07 Å². The van der Waals surface area contributed by atoms with Crippen molar-refractivity contribution in [3.8, 4) is 5.75 Å². The molecule has 2 rings (SSSR count). The molecule has 2 N–H and O–H groups in total. The minimum Gasteiger partial charge on any atom is -0.494 e. The first-order chi connectivity index (χ1) is 12.6. The van der Waals surface area contributed by atoms with Crippen molar-refractivity contribution in [2.75, 3.05) is 19.7 Å². The average Bonchev–Trinajstić information content (AvgIpc) is 2.65. The summed E-state index contributed by atoms with van der Waals surface area (Å²) in [7, 11) is 0. The topological polar surface area (TPSA) is 67.4 Å². The van der Waals surface area contributed by atoms with E-state index in [1.165, 1.54) is 6.42 Å². The number of hydrogen-bond acceptors (Lipinski definition) is 3. The fraction of sp³-hybridized carbons (Fsp3) is 0.600. The van der Waals surface area contributed by atoms with Crippen LogP contribution in [-0.4, -0.2) is 31.5 Å². The highest BCUT2D eigenvalue weighted by molar-refractivity contribution is 6.31. The molecule has 0 atom stereocenters. The van der Waals surface area contributed by atoms with Crippen molar-refractivity contribution in [3.05, 3.63) is 28.8 Å². The van der Waals surface area contributed by atoms with Crippen LogP contribution in [-0.2, 0) is 9.59 Å². The molecule has 1 aromatic rings. The maximum atomic E-state index is 12.0. The van der Waals surface area contributed by atoms with Crippen molar-refractivity contribution in [1.29, 1.82) is 0 Å². The van der Waals surface area contributed by atoms with E-state index < -0.39 is 0 Å². The summed E-state index contributed by atoms with van der Waals surface area (Å²) in [5.41, 5.74) is 0.970. The summed E-state index contributed by atoms with van der Waals surface area (Å²) in [5.74, 6) is 1.03. The molecule has 0 aromatic heterocycles. The Morgan fingerprint density at radius 1 is 1.15 bits per heavy atom. The Bertz CT molecular complexity index is 601. The lowest BCUT2D eigenvalue weighted by Crippen LogP contribution is -2.38. The van der Waals surface area contributed by atoms with E-state index in [0.717, 1.165) is 37.0 Å². The van der Waals surface area contributed by atoms with Gasteiger partial charge in [-0.25, -0.2) is 0 Å². The Morgan fingerprint density at radius 3 is 2.62 bits per heavy atom. The molecule has 6 heteroatoms. The maximum absolute atomic E-state index is 12.0. The van der Waals surface area contributed by atoms with Crippen molar-refractivity contribution >= 4 is 23.4 Å². The van der Waals surface area contributed by atoms with Crippen molar-refractivity contribution in [1.82, 2.24) is 10.6 Å². The molecule has 1 aromatic carbocycles.